The Morgan fingerprint density at radius 2 is 2.00 bits per heavy atom. The predicted molar refractivity (Wildman–Crippen MR) is 107 cm³/mol. The fraction of sp³-hybridized carbons (Fsp3) is 0.130. The van der Waals surface area contributed by atoms with Gasteiger partial charge in [0.2, 0.25) is 0 Å². The van der Waals surface area contributed by atoms with E-state index in [4.69, 9.17) is 6.42 Å². The fourth-order valence-corrected chi connectivity index (χ4v) is 2.38. The Kier molecular flexibility index (Phi) is 6.68. The molecule has 0 bridgehead atoms. The SMILES string of the molecule is C#C/C=C(N=CC)/C(C)=C/Cc1ccc(C(=C)c2ccccn2)cc1. The molecule has 2 nitrogen and oxygen atoms in total. The highest BCUT2D eigenvalue weighted by Gasteiger charge is 2.03. The van der Waals surface area contributed by atoms with Crippen LogP contribution in [-0.2, 0) is 6.42 Å². The van der Waals surface area contributed by atoms with Crippen LogP contribution in [0.15, 0.2) is 83.7 Å². The van der Waals surface area contributed by atoms with Crippen LogP contribution in [0.1, 0.15) is 30.7 Å². The Bertz CT molecular complexity index is 845. The first kappa shape index (κ1) is 18.2. The number of hydrogen-bond acceptors (Lipinski definition) is 2. The van der Waals surface area contributed by atoms with Crippen LogP contribution >= 0.6 is 0 Å². The third-order valence-electron chi connectivity index (χ3n) is 3.81. The van der Waals surface area contributed by atoms with Crippen molar-refractivity contribution >= 4 is 11.8 Å². The topological polar surface area (TPSA) is 25.2 Å². The molecule has 0 spiro atoms. The van der Waals surface area contributed by atoms with E-state index in [-0.39, 0.29) is 0 Å². The van der Waals surface area contributed by atoms with Crippen molar-refractivity contribution in [2.75, 3.05) is 0 Å². The van der Waals surface area contributed by atoms with E-state index in [1.54, 1.807) is 18.5 Å². The van der Waals surface area contributed by atoms with Crippen molar-refractivity contribution in [3.8, 4) is 12.3 Å². The Labute approximate surface area is 150 Å². The molecule has 0 fully saturated rings. The van der Waals surface area contributed by atoms with Crippen LogP contribution < -0.4 is 0 Å². The number of benzene rings is 1. The largest absolute Gasteiger partial charge is 0.261 e. The van der Waals surface area contributed by atoms with E-state index in [0.29, 0.717) is 0 Å². The van der Waals surface area contributed by atoms with Crippen LogP contribution in [0.3, 0.4) is 0 Å². The van der Waals surface area contributed by atoms with Gasteiger partial charge in [0.1, 0.15) is 0 Å². The average molecular weight is 326 g/mol. The summed E-state index contributed by atoms with van der Waals surface area (Å²) in [6.45, 7) is 8.05. The molecule has 0 saturated heterocycles. The van der Waals surface area contributed by atoms with Crippen LogP contribution in [0, 0.1) is 12.3 Å². The maximum absolute atomic E-state index is 5.36. The van der Waals surface area contributed by atoms with Gasteiger partial charge in [0.25, 0.3) is 0 Å². The minimum Gasteiger partial charge on any atom is -0.261 e. The molecule has 0 aliphatic heterocycles. The number of aromatic nitrogens is 1. The van der Waals surface area contributed by atoms with E-state index >= 15 is 0 Å². The minimum absolute atomic E-state index is 0.823. The molecule has 0 unspecified atom stereocenters. The van der Waals surface area contributed by atoms with Gasteiger partial charge in [-0.1, -0.05) is 48.9 Å². The maximum Gasteiger partial charge on any atom is 0.0734 e. The lowest BCUT2D eigenvalue weighted by molar-refractivity contribution is 1.19. The number of allylic oxidation sites excluding steroid dienone is 3. The average Bonchev–Trinajstić information content (AvgIpc) is 2.66. The van der Waals surface area contributed by atoms with Gasteiger partial charge < -0.3 is 0 Å². The standard InChI is InChI=1S/C23H22N2/c1-5-9-22(24-6-2)18(3)11-12-20-13-15-21(16-14-20)19(4)23-10-7-8-17-25-23/h1,6-11,13-17H,4,12H2,2-3H3/b18-11+,22-9-,24-6?. The third kappa shape index (κ3) is 5.16. The first-order chi connectivity index (χ1) is 12.2. The van der Waals surface area contributed by atoms with Crippen molar-refractivity contribution in [2.45, 2.75) is 20.3 Å². The molecule has 1 aromatic carbocycles. The van der Waals surface area contributed by atoms with E-state index in [0.717, 1.165) is 34.5 Å². The van der Waals surface area contributed by atoms with Crippen LogP contribution in [0.5, 0.6) is 0 Å². The smallest absolute Gasteiger partial charge is 0.0734 e. The van der Waals surface area contributed by atoms with E-state index in [2.05, 4.69) is 52.8 Å². The minimum atomic E-state index is 0.823. The summed E-state index contributed by atoms with van der Waals surface area (Å²) in [7, 11) is 0. The van der Waals surface area contributed by atoms with Crippen molar-refractivity contribution in [3.63, 3.8) is 0 Å². The molecule has 25 heavy (non-hydrogen) atoms. The van der Waals surface area contributed by atoms with Gasteiger partial charge in [-0.3, -0.25) is 9.98 Å². The first-order valence-corrected chi connectivity index (χ1v) is 8.17. The molecule has 0 amide bonds. The molecule has 1 heterocycles. The second-order valence-electron chi connectivity index (χ2n) is 5.57. The molecule has 0 atom stereocenters. The Balaban J connectivity index is 2.10. The van der Waals surface area contributed by atoms with Gasteiger partial charge in [-0.2, -0.15) is 0 Å². The van der Waals surface area contributed by atoms with Crippen LogP contribution in [-0.4, -0.2) is 11.2 Å². The van der Waals surface area contributed by atoms with Crippen LogP contribution in [0.2, 0.25) is 0 Å². The molecule has 0 aliphatic rings. The molecule has 2 heteroatoms. The van der Waals surface area contributed by atoms with Crippen LogP contribution in [0.4, 0.5) is 0 Å². The van der Waals surface area contributed by atoms with Crippen molar-refractivity contribution in [1.29, 1.82) is 0 Å². The predicted octanol–water partition coefficient (Wildman–Crippen LogP) is 5.24. The van der Waals surface area contributed by atoms with Crippen molar-refractivity contribution < 1.29 is 0 Å². The van der Waals surface area contributed by atoms with Gasteiger partial charge in [0.15, 0.2) is 0 Å². The number of terminal acetylenes is 1. The van der Waals surface area contributed by atoms with E-state index in [1.165, 1.54) is 5.56 Å². The summed E-state index contributed by atoms with van der Waals surface area (Å²) in [5.74, 6) is 2.53. The Morgan fingerprint density at radius 1 is 1.24 bits per heavy atom. The quantitative estimate of drug-likeness (QED) is 0.405. The van der Waals surface area contributed by atoms with E-state index in [9.17, 15) is 0 Å². The van der Waals surface area contributed by atoms with E-state index in [1.807, 2.05) is 32.0 Å². The zero-order chi connectivity index (χ0) is 18.1. The molecule has 0 saturated carbocycles. The van der Waals surface area contributed by atoms with Gasteiger partial charge in [-0.25, -0.2) is 0 Å². The molecule has 2 rings (SSSR count). The van der Waals surface area contributed by atoms with Crippen molar-refractivity contribution in [2.24, 2.45) is 4.99 Å². The molecule has 2 aromatic rings. The normalized spacial score (nSPS) is 12.2. The van der Waals surface area contributed by atoms with Gasteiger partial charge in [0.05, 0.1) is 11.4 Å². The second-order valence-corrected chi connectivity index (χ2v) is 5.57. The molecule has 0 aliphatic carbocycles. The molecule has 0 N–H and O–H groups in total. The summed E-state index contributed by atoms with van der Waals surface area (Å²) >= 11 is 0. The maximum atomic E-state index is 5.36. The van der Waals surface area contributed by atoms with Crippen LogP contribution in [0.25, 0.3) is 5.57 Å². The summed E-state index contributed by atoms with van der Waals surface area (Å²) in [6.07, 6.45) is 13.5. The molecular formula is C23H22N2. The van der Waals surface area contributed by atoms with Crippen molar-refractivity contribution in [1.82, 2.24) is 4.98 Å². The van der Waals surface area contributed by atoms with Gasteiger partial charge in [-0.05, 0) is 49.1 Å². The summed E-state index contributed by atoms with van der Waals surface area (Å²) < 4.78 is 0. The number of pyridine rings is 1. The lowest BCUT2D eigenvalue weighted by atomic mass is 10.0. The number of hydrogen-bond donors (Lipinski definition) is 0. The fourth-order valence-electron chi connectivity index (χ4n) is 2.38. The second kappa shape index (κ2) is 9.20. The summed E-state index contributed by atoms with van der Waals surface area (Å²) in [5, 5.41) is 0. The Hall–Kier alpha value is -3.18. The highest BCUT2D eigenvalue weighted by atomic mass is 14.7. The summed E-state index contributed by atoms with van der Waals surface area (Å²) in [6, 6.07) is 14.2. The zero-order valence-corrected chi connectivity index (χ0v) is 14.7. The molecule has 1 aromatic heterocycles. The number of nitrogens with zero attached hydrogens (tertiary/aromatic N) is 2. The van der Waals surface area contributed by atoms with Gasteiger partial charge in [0, 0.05) is 24.1 Å². The summed E-state index contributed by atoms with van der Waals surface area (Å²) in [5.41, 5.74) is 6.01. The first-order valence-electron chi connectivity index (χ1n) is 8.17. The van der Waals surface area contributed by atoms with E-state index < -0.39 is 0 Å². The zero-order valence-electron chi connectivity index (χ0n) is 14.7. The lowest BCUT2D eigenvalue weighted by Gasteiger charge is -2.07. The molecular weight excluding hydrogens is 304 g/mol. The summed E-state index contributed by atoms with van der Waals surface area (Å²) in [4.78, 5) is 8.65. The highest BCUT2D eigenvalue weighted by Crippen LogP contribution is 2.20. The third-order valence-corrected chi connectivity index (χ3v) is 3.81. The van der Waals surface area contributed by atoms with Crippen molar-refractivity contribution in [3.05, 3.63) is 95.5 Å². The number of aliphatic imine (C=N–C) groups is 1. The number of rotatable bonds is 6. The lowest BCUT2D eigenvalue weighted by Crippen LogP contribution is -1.91. The van der Waals surface area contributed by atoms with Gasteiger partial charge in [-0.15, -0.1) is 6.42 Å². The Morgan fingerprint density at radius 3 is 2.60 bits per heavy atom. The molecule has 124 valence electrons. The molecule has 0 radical (unpaired) electrons. The van der Waals surface area contributed by atoms with Gasteiger partial charge >= 0.3 is 0 Å². The monoisotopic (exact) mass is 326 g/mol. The highest BCUT2D eigenvalue weighted by molar-refractivity contribution is 5.75.